The highest BCUT2D eigenvalue weighted by Gasteiger charge is 2.30. The van der Waals surface area contributed by atoms with Gasteiger partial charge in [0.2, 0.25) is 5.91 Å². The second kappa shape index (κ2) is 11.1. The largest absolute Gasteiger partial charge is 0.370 e. The summed E-state index contributed by atoms with van der Waals surface area (Å²) in [7, 11) is 3.65. The summed E-state index contributed by atoms with van der Waals surface area (Å²) in [4.78, 5) is 20.2. The van der Waals surface area contributed by atoms with Gasteiger partial charge in [-0.05, 0) is 32.2 Å². The second-order valence-corrected chi connectivity index (χ2v) is 5.47. The third-order valence-corrected chi connectivity index (χ3v) is 3.52. The number of carbonyl (C=O) groups excluding carboxylic acids is 1. The van der Waals surface area contributed by atoms with E-state index in [1.807, 2.05) is 14.1 Å². The summed E-state index contributed by atoms with van der Waals surface area (Å²) >= 11 is 0. The monoisotopic (exact) mass is 411 g/mol. The lowest BCUT2D eigenvalue weighted by Gasteiger charge is -2.26. The van der Waals surface area contributed by atoms with Crippen LogP contribution >= 0.6 is 24.0 Å². The number of halogens is 1. The quantitative estimate of drug-likeness (QED) is 0.282. The maximum atomic E-state index is 12.0. The first-order valence-electron chi connectivity index (χ1n) is 7.55. The Labute approximate surface area is 145 Å². The van der Waals surface area contributed by atoms with E-state index in [2.05, 4.69) is 22.1 Å². The molecule has 1 aliphatic rings. The standard InChI is InChI=1S/C14H29N5O.HI/c1-4-8-16-14(15)17-9-6-11-19-10-5-7-12(19)13(20)18(2)3;/h12H,4-11H2,1-3H3,(H3,15,16,17);1H. The third kappa shape index (κ3) is 7.30. The first-order valence-corrected chi connectivity index (χ1v) is 7.55. The SMILES string of the molecule is CCCN=C(N)NCCCN1CCCC1C(=O)N(C)C.I. The van der Waals surface area contributed by atoms with Gasteiger partial charge in [0.05, 0.1) is 6.04 Å². The summed E-state index contributed by atoms with van der Waals surface area (Å²) in [6.07, 6.45) is 4.06. The van der Waals surface area contributed by atoms with Crippen LogP contribution in [0.2, 0.25) is 0 Å². The first kappa shape index (κ1) is 20.4. The molecular weight excluding hydrogens is 381 g/mol. The Morgan fingerprint density at radius 3 is 2.81 bits per heavy atom. The number of aliphatic imine (C=N–C) groups is 1. The lowest BCUT2D eigenvalue weighted by Crippen LogP contribution is -2.43. The van der Waals surface area contributed by atoms with E-state index in [0.29, 0.717) is 5.96 Å². The zero-order chi connectivity index (χ0) is 15.0. The van der Waals surface area contributed by atoms with E-state index >= 15 is 0 Å². The van der Waals surface area contributed by atoms with Crippen molar-refractivity contribution in [1.29, 1.82) is 0 Å². The summed E-state index contributed by atoms with van der Waals surface area (Å²) in [5, 5.41) is 3.11. The minimum atomic E-state index is 0. The van der Waals surface area contributed by atoms with Crippen molar-refractivity contribution < 1.29 is 4.79 Å². The van der Waals surface area contributed by atoms with Gasteiger partial charge in [-0.15, -0.1) is 24.0 Å². The fraction of sp³-hybridized carbons (Fsp3) is 0.857. The number of likely N-dealkylation sites (tertiary alicyclic amines) is 1. The number of amides is 1. The molecule has 0 radical (unpaired) electrons. The van der Waals surface area contributed by atoms with Gasteiger partial charge in [0.15, 0.2) is 5.96 Å². The van der Waals surface area contributed by atoms with Gasteiger partial charge in [-0.1, -0.05) is 6.92 Å². The van der Waals surface area contributed by atoms with E-state index in [1.54, 1.807) is 4.90 Å². The maximum Gasteiger partial charge on any atom is 0.239 e. The Kier molecular flexibility index (Phi) is 10.8. The highest BCUT2D eigenvalue weighted by atomic mass is 127. The zero-order valence-corrected chi connectivity index (χ0v) is 15.8. The Bertz CT molecular complexity index is 335. The molecule has 0 aromatic carbocycles. The second-order valence-electron chi connectivity index (χ2n) is 5.47. The number of rotatable bonds is 7. The van der Waals surface area contributed by atoms with Crippen molar-refractivity contribution in [2.75, 3.05) is 40.3 Å². The van der Waals surface area contributed by atoms with Crippen LogP contribution in [0.25, 0.3) is 0 Å². The number of guanidine groups is 1. The average Bonchev–Trinajstić information content (AvgIpc) is 2.88. The molecule has 1 heterocycles. The zero-order valence-electron chi connectivity index (χ0n) is 13.5. The van der Waals surface area contributed by atoms with Crippen LogP contribution in [0.1, 0.15) is 32.6 Å². The van der Waals surface area contributed by atoms with Gasteiger partial charge in [-0.3, -0.25) is 14.7 Å². The Morgan fingerprint density at radius 2 is 2.19 bits per heavy atom. The minimum Gasteiger partial charge on any atom is -0.370 e. The lowest BCUT2D eigenvalue weighted by atomic mass is 10.2. The van der Waals surface area contributed by atoms with E-state index in [1.165, 1.54) is 0 Å². The predicted octanol–water partition coefficient (Wildman–Crippen LogP) is 0.861. The van der Waals surface area contributed by atoms with Gasteiger partial charge in [0, 0.05) is 33.7 Å². The number of nitrogens with two attached hydrogens (primary N) is 1. The van der Waals surface area contributed by atoms with Crippen LogP contribution in [0.15, 0.2) is 4.99 Å². The van der Waals surface area contributed by atoms with Crippen molar-refractivity contribution in [2.24, 2.45) is 10.7 Å². The molecule has 6 nitrogen and oxygen atoms in total. The van der Waals surface area contributed by atoms with Crippen LogP contribution in [-0.2, 0) is 4.79 Å². The van der Waals surface area contributed by atoms with E-state index < -0.39 is 0 Å². The van der Waals surface area contributed by atoms with E-state index in [4.69, 9.17) is 5.73 Å². The predicted molar refractivity (Wildman–Crippen MR) is 98.1 cm³/mol. The molecule has 0 aliphatic carbocycles. The first-order chi connectivity index (χ1) is 9.56. The molecule has 21 heavy (non-hydrogen) atoms. The number of hydrogen-bond acceptors (Lipinski definition) is 3. The van der Waals surface area contributed by atoms with Crippen molar-refractivity contribution in [3.05, 3.63) is 0 Å². The molecule has 1 unspecified atom stereocenters. The summed E-state index contributed by atoms with van der Waals surface area (Å²) in [5.41, 5.74) is 5.73. The van der Waals surface area contributed by atoms with Gasteiger partial charge in [0.1, 0.15) is 0 Å². The van der Waals surface area contributed by atoms with Crippen LogP contribution in [0.4, 0.5) is 0 Å². The fourth-order valence-electron chi connectivity index (χ4n) is 2.46. The molecule has 1 atom stereocenters. The van der Waals surface area contributed by atoms with Crippen molar-refractivity contribution in [3.8, 4) is 0 Å². The van der Waals surface area contributed by atoms with E-state index in [-0.39, 0.29) is 35.9 Å². The summed E-state index contributed by atoms with van der Waals surface area (Å²) in [5.74, 6) is 0.744. The molecule has 1 aliphatic heterocycles. The Balaban J connectivity index is 0.00000400. The van der Waals surface area contributed by atoms with Crippen molar-refractivity contribution >= 4 is 35.8 Å². The van der Waals surface area contributed by atoms with Crippen molar-refractivity contribution in [1.82, 2.24) is 15.1 Å². The van der Waals surface area contributed by atoms with Gasteiger partial charge in [-0.2, -0.15) is 0 Å². The molecular formula is C14H30IN5O. The molecule has 0 aromatic rings. The van der Waals surface area contributed by atoms with Crippen LogP contribution in [0.5, 0.6) is 0 Å². The number of hydrogen-bond donors (Lipinski definition) is 2. The number of nitrogens with one attached hydrogen (secondary N) is 1. The number of likely N-dealkylation sites (N-methyl/N-ethyl adjacent to an activating group) is 1. The molecule has 0 bridgehead atoms. The fourth-order valence-corrected chi connectivity index (χ4v) is 2.46. The van der Waals surface area contributed by atoms with Gasteiger partial charge < -0.3 is 16.0 Å². The van der Waals surface area contributed by atoms with Crippen LogP contribution in [0, 0.1) is 0 Å². The molecule has 0 saturated carbocycles. The van der Waals surface area contributed by atoms with Crippen LogP contribution < -0.4 is 11.1 Å². The molecule has 0 aromatic heterocycles. The Morgan fingerprint density at radius 1 is 1.48 bits per heavy atom. The Hall–Kier alpha value is -0.570. The minimum absolute atomic E-state index is 0. The topological polar surface area (TPSA) is 74.0 Å². The van der Waals surface area contributed by atoms with E-state index in [9.17, 15) is 4.79 Å². The normalized spacial score (nSPS) is 19.2. The van der Waals surface area contributed by atoms with Gasteiger partial charge >= 0.3 is 0 Å². The molecule has 0 spiro atoms. The molecule has 1 rings (SSSR count). The summed E-state index contributed by atoms with van der Waals surface area (Å²) < 4.78 is 0. The van der Waals surface area contributed by atoms with Gasteiger partial charge in [0.25, 0.3) is 0 Å². The van der Waals surface area contributed by atoms with Crippen LogP contribution in [-0.4, -0.2) is 68.0 Å². The highest BCUT2D eigenvalue weighted by Crippen LogP contribution is 2.18. The van der Waals surface area contributed by atoms with Crippen molar-refractivity contribution in [2.45, 2.75) is 38.6 Å². The molecule has 3 N–H and O–H groups in total. The third-order valence-electron chi connectivity index (χ3n) is 3.52. The molecule has 1 saturated heterocycles. The van der Waals surface area contributed by atoms with E-state index in [0.717, 1.165) is 51.9 Å². The summed E-state index contributed by atoms with van der Waals surface area (Å²) in [6, 6.07) is 0.0658. The van der Waals surface area contributed by atoms with Crippen molar-refractivity contribution in [3.63, 3.8) is 0 Å². The summed E-state index contributed by atoms with van der Waals surface area (Å²) in [6.45, 7) is 5.59. The average molecular weight is 411 g/mol. The molecule has 1 amide bonds. The maximum absolute atomic E-state index is 12.0. The molecule has 7 heteroatoms. The highest BCUT2D eigenvalue weighted by molar-refractivity contribution is 14.0. The smallest absolute Gasteiger partial charge is 0.239 e. The molecule has 124 valence electrons. The number of carbonyl (C=O) groups is 1. The van der Waals surface area contributed by atoms with Gasteiger partial charge in [-0.25, -0.2) is 0 Å². The number of nitrogens with zero attached hydrogens (tertiary/aromatic N) is 3. The molecule has 1 fully saturated rings. The lowest BCUT2D eigenvalue weighted by molar-refractivity contribution is -0.133. The van der Waals surface area contributed by atoms with Crippen LogP contribution in [0.3, 0.4) is 0 Å².